The summed E-state index contributed by atoms with van der Waals surface area (Å²) in [5, 5.41) is 9.65. The van der Waals surface area contributed by atoms with Gasteiger partial charge in [-0.1, -0.05) is 0 Å². The van der Waals surface area contributed by atoms with Crippen LogP contribution in [0.2, 0.25) is 0 Å². The number of nitrogen functional groups attached to an aromatic ring is 1. The number of nitrogens with two attached hydrogens (primary N) is 1. The van der Waals surface area contributed by atoms with Crippen molar-refractivity contribution in [2.75, 3.05) is 5.73 Å². The van der Waals surface area contributed by atoms with E-state index in [0.717, 1.165) is 16.7 Å². The summed E-state index contributed by atoms with van der Waals surface area (Å²) in [5.41, 5.74) is 7.76. The molecule has 3 N–H and O–H groups in total. The molecule has 0 unspecified atom stereocenters. The summed E-state index contributed by atoms with van der Waals surface area (Å²) in [6.45, 7) is 3.71. The van der Waals surface area contributed by atoms with Crippen LogP contribution in [0.1, 0.15) is 21.7 Å². The first-order valence-corrected chi connectivity index (χ1v) is 4.53. The molecule has 2 rings (SSSR count). The predicted octanol–water partition coefficient (Wildman–Crippen LogP) is 2.33. The molecule has 0 spiro atoms. The number of aromatic carboxylic acids is 1. The molecule has 4 heteroatoms. The number of anilines is 1. The number of benzene rings is 1. The average molecular weight is 205 g/mol. The Morgan fingerprint density at radius 1 is 1.40 bits per heavy atom. The molecule has 15 heavy (non-hydrogen) atoms. The third kappa shape index (κ3) is 1.34. The number of carbonyl (C=O) groups is 1. The zero-order chi connectivity index (χ0) is 11.2. The van der Waals surface area contributed by atoms with Gasteiger partial charge in [-0.3, -0.25) is 0 Å². The van der Waals surface area contributed by atoms with Gasteiger partial charge in [0.05, 0.1) is 11.3 Å². The molecule has 4 nitrogen and oxygen atoms in total. The minimum atomic E-state index is -0.984. The van der Waals surface area contributed by atoms with Gasteiger partial charge in [-0.15, -0.1) is 0 Å². The van der Waals surface area contributed by atoms with Crippen molar-refractivity contribution in [2.45, 2.75) is 13.8 Å². The van der Waals surface area contributed by atoms with Crippen molar-refractivity contribution in [2.24, 2.45) is 0 Å². The highest BCUT2D eigenvalue weighted by Crippen LogP contribution is 2.30. The van der Waals surface area contributed by atoms with E-state index >= 15 is 0 Å². The number of carboxylic acids is 1. The van der Waals surface area contributed by atoms with E-state index in [1.807, 2.05) is 13.8 Å². The minimum Gasteiger partial charge on any atom is -0.478 e. The Labute approximate surface area is 86.3 Å². The molecular formula is C11H11NO3. The Kier molecular flexibility index (Phi) is 1.93. The fourth-order valence-electron chi connectivity index (χ4n) is 1.59. The molecular weight excluding hydrogens is 194 g/mol. The largest absolute Gasteiger partial charge is 0.478 e. The number of carboxylic acid groups (broad SMARTS) is 1. The lowest BCUT2D eigenvalue weighted by Gasteiger charge is -1.98. The molecule has 0 saturated carbocycles. The highest BCUT2D eigenvalue weighted by molar-refractivity contribution is 5.99. The first-order chi connectivity index (χ1) is 7.00. The van der Waals surface area contributed by atoms with E-state index < -0.39 is 5.97 Å². The van der Waals surface area contributed by atoms with Crippen LogP contribution in [0, 0.1) is 13.8 Å². The second-order valence-corrected chi connectivity index (χ2v) is 3.53. The lowest BCUT2D eigenvalue weighted by Crippen LogP contribution is -1.98. The summed E-state index contributed by atoms with van der Waals surface area (Å²) >= 11 is 0. The first-order valence-electron chi connectivity index (χ1n) is 4.53. The van der Waals surface area contributed by atoms with E-state index in [-0.39, 0.29) is 5.56 Å². The van der Waals surface area contributed by atoms with Crippen LogP contribution in [0.3, 0.4) is 0 Å². The molecule has 1 heterocycles. The molecule has 0 aliphatic heterocycles. The van der Waals surface area contributed by atoms with Crippen molar-refractivity contribution >= 4 is 22.6 Å². The maximum absolute atomic E-state index is 10.8. The summed E-state index contributed by atoms with van der Waals surface area (Å²) in [7, 11) is 0. The van der Waals surface area contributed by atoms with Gasteiger partial charge in [-0.2, -0.15) is 0 Å². The van der Waals surface area contributed by atoms with Crippen molar-refractivity contribution in [3.8, 4) is 0 Å². The van der Waals surface area contributed by atoms with Crippen molar-refractivity contribution in [1.82, 2.24) is 0 Å². The van der Waals surface area contributed by atoms with Gasteiger partial charge in [0.15, 0.2) is 5.58 Å². The normalized spacial score (nSPS) is 10.8. The van der Waals surface area contributed by atoms with E-state index in [4.69, 9.17) is 15.3 Å². The van der Waals surface area contributed by atoms with E-state index in [9.17, 15) is 4.79 Å². The molecule has 0 amide bonds. The van der Waals surface area contributed by atoms with E-state index in [0.29, 0.717) is 11.3 Å². The van der Waals surface area contributed by atoms with Crippen molar-refractivity contribution < 1.29 is 14.3 Å². The van der Waals surface area contributed by atoms with Crippen LogP contribution in [0.4, 0.5) is 5.69 Å². The van der Waals surface area contributed by atoms with Crippen LogP contribution < -0.4 is 5.73 Å². The molecule has 78 valence electrons. The van der Waals surface area contributed by atoms with Crippen LogP contribution in [-0.2, 0) is 0 Å². The summed E-state index contributed by atoms with van der Waals surface area (Å²) in [4.78, 5) is 10.8. The van der Waals surface area contributed by atoms with Crippen molar-refractivity contribution in [1.29, 1.82) is 0 Å². The Hall–Kier alpha value is -1.97. The Bertz CT molecular complexity index is 554. The van der Waals surface area contributed by atoms with E-state index in [1.54, 1.807) is 6.07 Å². The number of aryl methyl sites for hydroxylation is 2. The summed E-state index contributed by atoms with van der Waals surface area (Å²) < 4.78 is 5.45. The summed E-state index contributed by atoms with van der Waals surface area (Å²) in [5.74, 6) is -0.221. The maximum Gasteiger partial charge on any atom is 0.335 e. The molecule has 0 aliphatic rings. The number of hydrogen-bond donors (Lipinski definition) is 2. The van der Waals surface area contributed by atoms with Gasteiger partial charge >= 0.3 is 5.97 Å². The number of rotatable bonds is 1. The van der Waals surface area contributed by atoms with Crippen LogP contribution in [0.15, 0.2) is 16.5 Å². The molecule has 0 bridgehead atoms. The molecule has 0 aliphatic carbocycles. The molecule has 0 radical (unpaired) electrons. The van der Waals surface area contributed by atoms with Crippen LogP contribution >= 0.6 is 0 Å². The maximum atomic E-state index is 10.8. The third-order valence-corrected chi connectivity index (χ3v) is 2.55. The topological polar surface area (TPSA) is 76.5 Å². The average Bonchev–Trinajstić information content (AvgIpc) is 2.45. The van der Waals surface area contributed by atoms with E-state index in [2.05, 4.69) is 0 Å². The zero-order valence-corrected chi connectivity index (χ0v) is 8.50. The molecule has 1 aromatic carbocycles. The van der Waals surface area contributed by atoms with Crippen LogP contribution in [0.5, 0.6) is 0 Å². The van der Waals surface area contributed by atoms with Crippen molar-refractivity contribution in [3.63, 3.8) is 0 Å². The molecule has 0 fully saturated rings. The van der Waals surface area contributed by atoms with Gasteiger partial charge in [-0.05, 0) is 31.5 Å². The van der Waals surface area contributed by atoms with Crippen LogP contribution in [0.25, 0.3) is 11.0 Å². The van der Waals surface area contributed by atoms with E-state index in [1.165, 1.54) is 6.07 Å². The quantitative estimate of drug-likeness (QED) is 0.700. The van der Waals surface area contributed by atoms with Crippen LogP contribution in [-0.4, -0.2) is 11.1 Å². The number of hydrogen-bond acceptors (Lipinski definition) is 3. The van der Waals surface area contributed by atoms with Crippen molar-refractivity contribution in [3.05, 3.63) is 29.0 Å². The lowest BCUT2D eigenvalue weighted by molar-refractivity contribution is 0.0697. The minimum absolute atomic E-state index is 0.184. The fourth-order valence-corrected chi connectivity index (χ4v) is 1.59. The smallest absolute Gasteiger partial charge is 0.335 e. The molecule has 0 atom stereocenters. The second kappa shape index (κ2) is 3.02. The first kappa shape index (κ1) is 9.58. The monoisotopic (exact) mass is 205 g/mol. The van der Waals surface area contributed by atoms with Gasteiger partial charge in [-0.25, -0.2) is 4.79 Å². The Morgan fingerprint density at radius 3 is 2.67 bits per heavy atom. The SMILES string of the molecule is Cc1oc2c(N)cc(C(=O)O)cc2c1C. The van der Waals surface area contributed by atoms with Gasteiger partial charge in [0.2, 0.25) is 0 Å². The molecule has 0 saturated heterocycles. The lowest BCUT2D eigenvalue weighted by atomic mass is 10.1. The molecule has 2 aromatic rings. The standard InChI is InChI=1S/C11H11NO3/c1-5-6(2)15-10-8(5)3-7(11(13)14)4-9(10)12/h3-4H,12H2,1-2H3,(H,13,14). The summed E-state index contributed by atoms with van der Waals surface area (Å²) in [6, 6.07) is 2.99. The number of fused-ring (bicyclic) bond motifs is 1. The fraction of sp³-hybridized carbons (Fsp3) is 0.182. The molecule has 1 aromatic heterocycles. The number of furan rings is 1. The highest BCUT2D eigenvalue weighted by atomic mass is 16.4. The van der Waals surface area contributed by atoms with Gasteiger partial charge < -0.3 is 15.3 Å². The van der Waals surface area contributed by atoms with Gasteiger partial charge in [0, 0.05) is 5.39 Å². The second-order valence-electron chi connectivity index (χ2n) is 3.53. The summed E-state index contributed by atoms with van der Waals surface area (Å²) in [6.07, 6.45) is 0. The zero-order valence-electron chi connectivity index (χ0n) is 8.50. The third-order valence-electron chi connectivity index (χ3n) is 2.55. The highest BCUT2D eigenvalue weighted by Gasteiger charge is 2.13. The Morgan fingerprint density at radius 2 is 2.07 bits per heavy atom. The Balaban J connectivity index is 2.85. The van der Waals surface area contributed by atoms with Gasteiger partial charge in [0.1, 0.15) is 5.76 Å². The predicted molar refractivity (Wildman–Crippen MR) is 57.1 cm³/mol. The van der Waals surface area contributed by atoms with Gasteiger partial charge in [0.25, 0.3) is 0 Å².